The lowest BCUT2D eigenvalue weighted by atomic mass is 9.36. The molecule has 5 rings (SSSR count). The van der Waals surface area contributed by atoms with Crippen molar-refractivity contribution in [1.82, 2.24) is 0 Å². The Morgan fingerprint density at radius 3 is 2.32 bits per heavy atom. The van der Waals surface area contributed by atoms with Crippen LogP contribution in [0, 0.1) is 44.8 Å². The minimum absolute atomic E-state index is 0.252. The SMILES string of the molecule is CC1(C)CC[C@]2(C)CC[C@]3(C)C(=CC[C@@H]4[C@]5(C)CCC(=O)[C@@H]5CC[C@@]43C)[C@H]2C1. The van der Waals surface area contributed by atoms with E-state index in [1.54, 1.807) is 0 Å². The Bertz CT molecular complexity index is 745. The van der Waals surface area contributed by atoms with Crippen LogP contribution < -0.4 is 0 Å². The number of rotatable bonds is 0. The summed E-state index contributed by atoms with van der Waals surface area (Å²) in [5.74, 6) is 2.41. The van der Waals surface area contributed by atoms with Crippen molar-refractivity contribution in [1.29, 1.82) is 0 Å². The van der Waals surface area contributed by atoms with E-state index in [1.165, 1.54) is 44.9 Å². The fourth-order valence-electron chi connectivity index (χ4n) is 9.33. The summed E-state index contributed by atoms with van der Waals surface area (Å²) in [6.07, 6.45) is 15.3. The van der Waals surface area contributed by atoms with E-state index in [4.69, 9.17) is 0 Å². The minimum atomic E-state index is 0.252. The van der Waals surface area contributed by atoms with Gasteiger partial charge < -0.3 is 0 Å². The Balaban J connectivity index is 1.59. The molecule has 1 heteroatoms. The Labute approximate surface area is 173 Å². The van der Waals surface area contributed by atoms with Gasteiger partial charge in [0.05, 0.1) is 0 Å². The van der Waals surface area contributed by atoms with Crippen LogP contribution in [0.25, 0.3) is 0 Å². The van der Waals surface area contributed by atoms with Gasteiger partial charge in [0.15, 0.2) is 0 Å². The fraction of sp³-hybridized carbons (Fsp3) is 0.889. The van der Waals surface area contributed by atoms with Crippen molar-refractivity contribution in [3.05, 3.63) is 11.6 Å². The third kappa shape index (κ3) is 2.23. The highest BCUT2D eigenvalue weighted by Gasteiger charge is 2.66. The van der Waals surface area contributed by atoms with Crippen molar-refractivity contribution < 1.29 is 4.79 Å². The third-order valence-electron chi connectivity index (χ3n) is 11.6. The molecule has 5 aliphatic carbocycles. The van der Waals surface area contributed by atoms with Crippen LogP contribution >= 0.6 is 0 Å². The van der Waals surface area contributed by atoms with Gasteiger partial charge in [-0.2, -0.15) is 0 Å². The summed E-state index contributed by atoms with van der Waals surface area (Å²) in [4.78, 5) is 12.6. The smallest absolute Gasteiger partial charge is 0.136 e. The second-order valence-electron chi connectivity index (χ2n) is 13.3. The summed E-state index contributed by atoms with van der Waals surface area (Å²) in [5.41, 5.74) is 3.82. The molecule has 0 aromatic heterocycles. The van der Waals surface area contributed by atoms with E-state index in [0.29, 0.717) is 39.3 Å². The molecule has 0 spiro atoms. The van der Waals surface area contributed by atoms with E-state index >= 15 is 0 Å². The van der Waals surface area contributed by atoms with Gasteiger partial charge in [-0.05, 0) is 96.7 Å². The maximum atomic E-state index is 12.6. The van der Waals surface area contributed by atoms with Crippen LogP contribution in [0.4, 0.5) is 0 Å². The number of allylic oxidation sites excluding steroid dienone is 2. The number of hydrogen-bond donors (Lipinski definition) is 0. The van der Waals surface area contributed by atoms with Crippen molar-refractivity contribution in [2.24, 2.45) is 44.8 Å². The molecule has 4 fully saturated rings. The number of ketones is 1. The Morgan fingerprint density at radius 1 is 0.857 bits per heavy atom. The zero-order chi connectivity index (χ0) is 20.2. The lowest BCUT2D eigenvalue weighted by Crippen LogP contribution is -2.60. The van der Waals surface area contributed by atoms with Gasteiger partial charge in [-0.1, -0.05) is 53.2 Å². The van der Waals surface area contributed by atoms with E-state index in [0.717, 1.165) is 25.2 Å². The monoisotopic (exact) mass is 382 g/mol. The summed E-state index contributed by atoms with van der Waals surface area (Å²) in [6, 6.07) is 0. The summed E-state index contributed by atoms with van der Waals surface area (Å²) >= 11 is 0. The van der Waals surface area contributed by atoms with Crippen molar-refractivity contribution in [3.8, 4) is 0 Å². The normalized spacial score (nSPS) is 54.9. The molecular formula is C27H42O. The van der Waals surface area contributed by atoms with Gasteiger partial charge >= 0.3 is 0 Å². The van der Waals surface area contributed by atoms with Crippen molar-refractivity contribution >= 4 is 5.78 Å². The number of Topliss-reactive ketones (excluding diaryl/α,β-unsaturated/α-hetero) is 1. The quantitative estimate of drug-likeness (QED) is 0.400. The van der Waals surface area contributed by atoms with Gasteiger partial charge in [0.1, 0.15) is 5.78 Å². The lowest BCUT2D eigenvalue weighted by molar-refractivity contribution is -0.147. The highest BCUT2D eigenvalue weighted by Crippen LogP contribution is 2.74. The molecule has 0 bridgehead atoms. The average molecular weight is 383 g/mol. The van der Waals surface area contributed by atoms with Crippen LogP contribution in [0.1, 0.15) is 106 Å². The molecule has 0 saturated heterocycles. The molecule has 28 heavy (non-hydrogen) atoms. The zero-order valence-corrected chi connectivity index (χ0v) is 19.3. The fourth-order valence-corrected chi connectivity index (χ4v) is 9.33. The van der Waals surface area contributed by atoms with Gasteiger partial charge in [-0.3, -0.25) is 4.79 Å². The van der Waals surface area contributed by atoms with Crippen LogP contribution in [0.3, 0.4) is 0 Å². The largest absolute Gasteiger partial charge is 0.299 e. The Morgan fingerprint density at radius 2 is 1.57 bits per heavy atom. The van der Waals surface area contributed by atoms with E-state index in [-0.39, 0.29) is 5.41 Å². The first kappa shape index (κ1) is 19.4. The van der Waals surface area contributed by atoms with Crippen LogP contribution in [0.2, 0.25) is 0 Å². The van der Waals surface area contributed by atoms with Gasteiger partial charge in [-0.25, -0.2) is 0 Å². The summed E-state index contributed by atoms with van der Waals surface area (Å²) in [7, 11) is 0. The lowest BCUT2D eigenvalue weighted by Gasteiger charge is -2.68. The molecule has 156 valence electrons. The summed E-state index contributed by atoms with van der Waals surface area (Å²) in [5, 5.41) is 0. The first-order chi connectivity index (χ1) is 13.0. The highest BCUT2D eigenvalue weighted by atomic mass is 16.1. The summed E-state index contributed by atoms with van der Waals surface area (Å²) in [6.45, 7) is 15.4. The van der Waals surface area contributed by atoms with Gasteiger partial charge in [-0.15, -0.1) is 0 Å². The second kappa shape index (κ2) is 5.55. The molecule has 0 N–H and O–H groups in total. The van der Waals surface area contributed by atoms with Gasteiger partial charge in [0, 0.05) is 12.3 Å². The topological polar surface area (TPSA) is 17.1 Å². The predicted molar refractivity (Wildman–Crippen MR) is 116 cm³/mol. The second-order valence-corrected chi connectivity index (χ2v) is 13.3. The van der Waals surface area contributed by atoms with E-state index in [9.17, 15) is 4.79 Å². The maximum Gasteiger partial charge on any atom is 0.136 e. The molecule has 0 aromatic rings. The molecule has 0 aliphatic heterocycles. The molecule has 0 heterocycles. The number of carbonyl (C=O) groups excluding carboxylic acids is 1. The molecule has 0 radical (unpaired) electrons. The summed E-state index contributed by atoms with van der Waals surface area (Å²) < 4.78 is 0. The molecule has 5 aliphatic rings. The van der Waals surface area contributed by atoms with Gasteiger partial charge in [0.25, 0.3) is 0 Å². The number of carbonyl (C=O) groups is 1. The first-order valence-electron chi connectivity index (χ1n) is 12.2. The van der Waals surface area contributed by atoms with Crippen molar-refractivity contribution in [2.45, 2.75) is 106 Å². The van der Waals surface area contributed by atoms with Crippen LogP contribution in [0.15, 0.2) is 11.6 Å². The third-order valence-corrected chi connectivity index (χ3v) is 11.6. The molecule has 0 unspecified atom stereocenters. The molecular weight excluding hydrogens is 340 g/mol. The van der Waals surface area contributed by atoms with E-state index < -0.39 is 0 Å². The molecule has 4 saturated carbocycles. The van der Waals surface area contributed by atoms with Crippen LogP contribution in [0.5, 0.6) is 0 Å². The molecule has 0 amide bonds. The van der Waals surface area contributed by atoms with Gasteiger partial charge in [0.2, 0.25) is 0 Å². The zero-order valence-electron chi connectivity index (χ0n) is 19.3. The molecule has 1 nitrogen and oxygen atoms in total. The standard InChI is InChI=1S/C27H42O/c1-23(2)13-14-24(3)15-16-26(5)18(20(24)17-23)7-8-22-25(4)11-10-21(28)19(25)9-12-27(22,26)6/h7,19-20,22H,8-17H2,1-6H3/t19-,20+,22+,24+,25+,26+,27-/m0/s1. The minimum Gasteiger partial charge on any atom is -0.299 e. The van der Waals surface area contributed by atoms with Crippen LogP contribution in [-0.4, -0.2) is 5.78 Å². The molecule has 7 atom stereocenters. The van der Waals surface area contributed by atoms with Crippen LogP contribution in [-0.2, 0) is 4.79 Å². The van der Waals surface area contributed by atoms with E-state index in [1.807, 2.05) is 5.57 Å². The maximum absolute atomic E-state index is 12.6. The highest BCUT2D eigenvalue weighted by molar-refractivity contribution is 5.84. The number of fused-ring (bicyclic) bond motifs is 7. The average Bonchev–Trinajstić information content (AvgIpc) is 2.92. The Kier molecular flexibility index (Phi) is 3.84. The van der Waals surface area contributed by atoms with E-state index in [2.05, 4.69) is 47.6 Å². The van der Waals surface area contributed by atoms with Crippen molar-refractivity contribution in [3.63, 3.8) is 0 Å². The van der Waals surface area contributed by atoms with Crippen molar-refractivity contribution in [2.75, 3.05) is 0 Å². The Hall–Kier alpha value is -0.590. The predicted octanol–water partition coefficient (Wildman–Crippen LogP) is 7.35. The first-order valence-corrected chi connectivity index (χ1v) is 12.2. The number of hydrogen-bond acceptors (Lipinski definition) is 1. The molecule has 0 aromatic carbocycles.